The van der Waals surface area contributed by atoms with Crippen molar-refractivity contribution in [3.05, 3.63) is 29.8 Å². The van der Waals surface area contributed by atoms with E-state index in [1.54, 1.807) is 0 Å². The van der Waals surface area contributed by atoms with Crippen molar-refractivity contribution in [2.24, 2.45) is 0 Å². The first-order valence-electron chi connectivity index (χ1n) is 7.83. The molecule has 0 bridgehead atoms. The van der Waals surface area contributed by atoms with Gasteiger partial charge >= 0.3 is 0 Å². The van der Waals surface area contributed by atoms with Gasteiger partial charge in [-0.05, 0) is 57.3 Å². The van der Waals surface area contributed by atoms with Gasteiger partial charge in [0, 0.05) is 18.3 Å². The van der Waals surface area contributed by atoms with E-state index in [0.717, 1.165) is 19.0 Å². The summed E-state index contributed by atoms with van der Waals surface area (Å²) in [5.41, 5.74) is 2.75. The van der Waals surface area contributed by atoms with Crippen LogP contribution in [-0.4, -0.2) is 31.1 Å². The van der Waals surface area contributed by atoms with Gasteiger partial charge < -0.3 is 10.2 Å². The molecule has 0 aromatic heterocycles. The molecule has 0 saturated carbocycles. The molecule has 1 fully saturated rings. The number of hydrogen-bond acceptors (Lipinski definition) is 2. The van der Waals surface area contributed by atoms with Crippen molar-refractivity contribution in [2.75, 3.05) is 25.5 Å². The van der Waals surface area contributed by atoms with Crippen molar-refractivity contribution in [3.63, 3.8) is 0 Å². The average molecular weight is 260 g/mol. The Bertz CT molecular complexity index is 375. The lowest BCUT2D eigenvalue weighted by atomic mass is 9.99. The van der Waals surface area contributed by atoms with Crippen LogP contribution in [-0.2, 0) is 6.42 Å². The van der Waals surface area contributed by atoms with E-state index >= 15 is 0 Å². The largest absolute Gasteiger partial charge is 0.385 e. The summed E-state index contributed by atoms with van der Waals surface area (Å²) < 4.78 is 0. The second-order valence-corrected chi connectivity index (χ2v) is 5.71. The third-order valence-corrected chi connectivity index (χ3v) is 4.35. The predicted molar refractivity (Wildman–Crippen MR) is 83.8 cm³/mol. The van der Waals surface area contributed by atoms with Gasteiger partial charge in [-0.15, -0.1) is 0 Å². The quantitative estimate of drug-likeness (QED) is 0.780. The molecule has 19 heavy (non-hydrogen) atoms. The molecule has 1 N–H and O–H groups in total. The molecule has 1 aliphatic rings. The molecule has 2 rings (SSSR count). The number of para-hydroxylation sites is 1. The minimum atomic E-state index is 0.817. The van der Waals surface area contributed by atoms with E-state index in [2.05, 4.69) is 48.5 Å². The maximum atomic E-state index is 3.60. The zero-order valence-corrected chi connectivity index (χ0v) is 12.5. The van der Waals surface area contributed by atoms with Gasteiger partial charge in [-0.3, -0.25) is 0 Å². The summed E-state index contributed by atoms with van der Waals surface area (Å²) in [5.74, 6) is 0. The molecule has 1 saturated heterocycles. The average Bonchev–Trinajstić information content (AvgIpc) is 2.45. The first kappa shape index (κ1) is 14.4. The molecule has 0 radical (unpaired) electrons. The number of aryl methyl sites for hydroxylation is 1. The maximum absolute atomic E-state index is 3.60. The van der Waals surface area contributed by atoms with E-state index in [1.165, 1.54) is 49.9 Å². The lowest BCUT2D eigenvalue weighted by molar-refractivity contribution is 0.175. The fraction of sp³-hybridized carbons (Fsp3) is 0.647. The van der Waals surface area contributed by atoms with Gasteiger partial charge in [0.05, 0.1) is 0 Å². The van der Waals surface area contributed by atoms with Gasteiger partial charge in [0.1, 0.15) is 0 Å². The Morgan fingerprint density at radius 3 is 2.89 bits per heavy atom. The van der Waals surface area contributed by atoms with E-state index in [0.29, 0.717) is 0 Å². The summed E-state index contributed by atoms with van der Waals surface area (Å²) in [7, 11) is 2.28. The van der Waals surface area contributed by atoms with Crippen LogP contribution in [0.5, 0.6) is 0 Å². The van der Waals surface area contributed by atoms with Gasteiger partial charge in [-0.1, -0.05) is 31.5 Å². The highest BCUT2D eigenvalue weighted by molar-refractivity contribution is 5.50. The minimum absolute atomic E-state index is 0.817. The van der Waals surface area contributed by atoms with Gasteiger partial charge in [-0.25, -0.2) is 0 Å². The van der Waals surface area contributed by atoms with Crippen LogP contribution in [0.25, 0.3) is 0 Å². The highest BCUT2D eigenvalue weighted by atomic mass is 15.1. The Morgan fingerprint density at radius 2 is 2.11 bits per heavy atom. The smallest absolute Gasteiger partial charge is 0.0372 e. The molecule has 106 valence electrons. The van der Waals surface area contributed by atoms with Crippen LogP contribution >= 0.6 is 0 Å². The van der Waals surface area contributed by atoms with Crippen LogP contribution in [0.4, 0.5) is 5.69 Å². The summed E-state index contributed by atoms with van der Waals surface area (Å²) in [6, 6.07) is 9.48. The van der Waals surface area contributed by atoms with Crippen LogP contribution in [0, 0.1) is 0 Å². The third kappa shape index (κ3) is 4.24. The Morgan fingerprint density at radius 1 is 1.26 bits per heavy atom. The number of hydrogen-bond donors (Lipinski definition) is 1. The van der Waals surface area contributed by atoms with Crippen molar-refractivity contribution < 1.29 is 0 Å². The molecule has 1 aromatic carbocycles. The molecule has 1 aromatic rings. The number of nitrogens with zero attached hydrogens (tertiary/aromatic N) is 1. The third-order valence-electron chi connectivity index (χ3n) is 4.35. The summed E-state index contributed by atoms with van der Waals surface area (Å²) >= 11 is 0. The molecule has 0 amide bonds. The zero-order chi connectivity index (χ0) is 13.5. The van der Waals surface area contributed by atoms with E-state index in [-0.39, 0.29) is 0 Å². The lowest BCUT2D eigenvalue weighted by Gasteiger charge is -2.32. The molecule has 1 heterocycles. The van der Waals surface area contributed by atoms with Gasteiger partial charge in [-0.2, -0.15) is 0 Å². The highest BCUT2D eigenvalue weighted by Gasteiger charge is 2.17. The highest BCUT2D eigenvalue weighted by Crippen LogP contribution is 2.20. The van der Waals surface area contributed by atoms with E-state index < -0.39 is 0 Å². The topological polar surface area (TPSA) is 15.3 Å². The number of likely N-dealkylation sites (tertiary alicyclic amines) is 1. The van der Waals surface area contributed by atoms with E-state index in [4.69, 9.17) is 0 Å². The van der Waals surface area contributed by atoms with Crippen LogP contribution in [0.3, 0.4) is 0 Å². The van der Waals surface area contributed by atoms with Crippen molar-refractivity contribution in [1.82, 2.24) is 4.90 Å². The van der Waals surface area contributed by atoms with E-state index in [9.17, 15) is 0 Å². The van der Waals surface area contributed by atoms with Crippen LogP contribution in [0.15, 0.2) is 24.3 Å². The Balaban J connectivity index is 1.71. The Kier molecular flexibility index (Phi) is 5.71. The lowest BCUT2D eigenvalue weighted by Crippen LogP contribution is -2.36. The molecule has 1 atom stereocenters. The number of anilines is 1. The normalized spacial score (nSPS) is 20.4. The fourth-order valence-corrected chi connectivity index (χ4v) is 3.07. The van der Waals surface area contributed by atoms with Crippen molar-refractivity contribution >= 4 is 5.69 Å². The number of benzene rings is 1. The Labute approximate surface area is 118 Å². The number of nitrogens with one attached hydrogen (secondary N) is 1. The predicted octanol–water partition coefficient (Wildman–Crippen LogP) is 3.93. The number of piperidine rings is 1. The second kappa shape index (κ2) is 7.54. The second-order valence-electron chi connectivity index (χ2n) is 5.71. The molecule has 1 aliphatic heterocycles. The first-order chi connectivity index (χ1) is 9.31. The van der Waals surface area contributed by atoms with Crippen LogP contribution < -0.4 is 5.32 Å². The van der Waals surface area contributed by atoms with Gasteiger partial charge in [0.2, 0.25) is 0 Å². The van der Waals surface area contributed by atoms with Gasteiger partial charge in [0.15, 0.2) is 0 Å². The van der Waals surface area contributed by atoms with Crippen molar-refractivity contribution in [1.29, 1.82) is 0 Å². The SMILES string of the molecule is CCc1ccccc1NCCCC1CCCCN1C. The monoisotopic (exact) mass is 260 g/mol. The minimum Gasteiger partial charge on any atom is -0.385 e. The zero-order valence-electron chi connectivity index (χ0n) is 12.5. The number of rotatable bonds is 6. The summed E-state index contributed by atoms with van der Waals surface area (Å²) in [4.78, 5) is 2.55. The summed E-state index contributed by atoms with van der Waals surface area (Å²) in [6.07, 6.45) is 7.90. The molecule has 2 nitrogen and oxygen atoms in total. The first-order valence-corrected chi connectivity index (χ1v) is 7.83. The summed E-state index contributed by atoms with van der Waals surface area (Å²) in [6.45, 7) is 4.61. The standard InChI is InChI=1S/C17H28N2/c1-3-15-9-4-5-12-17(15)18-13-8-11-16-10-6-7-14-19(16)2/h4-5,9,12,16,18H,3,6-8,10-11,13-14H2,1-2H3. The van der Waals surface area contributed by atoms with E-state index in [1.807, 2.05) is 0 Å². The van der Waals surface area contributed by atoms with Crippen LogP contribution in [0.1, 0.15) is 44.6 Å². The molecule has 1 unspecified atom stereocenters. The molecular weight excluding hydrogens is 232 g/mol. The molecule has 0 aliphatic carbocycles. The van der Waals surface area contributed by atoms with Gasteiger partial charge in [0.25, 0.3) is 0 Å². The van der Waals surface area contributed by atoms with Crippen molar-refractivity contribution in [3.8, 4) is 0 Å². The van der Waals surface area contributed by atoms with Crippen LogP contribution in [0.2, 0.25) is 0 Å². The Hall–Kier alpha value is -1.02. The molecular formula is C17H28N2. The fourth-order valence-electron chi connectivity index (χ4n) is 3.07. The summed E-state index contributed by atoms with van der Waals surface area (Å²) in [5, 5.41) is 3.60. The molecule has 0 spiro atoms. The van der Waals surface area contributed by atoms with Crippen molar-refractivity contribution in [2.45, 2.75) is 51.5 Å². The molecule has 2 heteroatoms. The maximum Gasteiger partial charge on any atom is 0.0372 e.